The number of carbonyl (C=O) groups is 2. The SMILES string of the molecule is COc1cc(OC)cc(C(=O)NC(C(=O)Nc2nc(-c3ccc(F)cc3)cs2)C(C)C)c1. The van der Waals surface area contributed by atoms with Crippen LogP contribution in [0.5, 0.6) is 11.5 Å². The fraction of sp³-hybridized carbons (Fsp3) is 0.261. The molecule has 7 nitrogen and oxygen atoms in total. The van der Waals surface area contributed by atoms with Crippen LogP contribution in [0.4, 0.5) is 9.52 Å². The van der Waals surface area contributed by atoms with Crippen molar-refractivity contribution in [3.8, 4) is 22.8 Å². The van der Waals surface area contributed by atoms with Crippen LogP contribution in [0.3, 0.4) is 0 Å². The molecule has 1 aromatic heterocycles. The summed E-state index contributed by atoms with van der Waals surface area (Å²) in [5.41, 5.74) is 1.68. The zero-order chi connectivity index (χ0) is 23.3. The molecule has 1 heterocycles. The molecule has 0 aliphatic heterocycles. The lowest BCUT2D eigenvalue weighted by Crippen LogP contribution is -2.47. The highest BCUT2D eigenvalue weighted by Gasteiger charge is 2.26. The second-order valence-corrected chi connectivity index (χ2v) is 8.19. The fourth-order valence-corrected chi connectivity index (χ4v) is 3.69. The number of halogens is 1. The van der Waals surface area contributed by atoms with Crippen molar-refractivity contribution in [3.63, 3.8) is 0 Å². The summed E-state index contributed by atoms with van der Waals surface area (Å²) in [4.78, 5) is 30.1. The van der Waals surface area contributed by atoms with Gasteiger partial charge in [-0.1, -0.05) is 13.8 Å². The van der Waals surface area contributed by atoms with Crippen molar-refractivity contribution in [1.82, 2.24) is 10.3 Å². The van der Waals surface area contributed by atoms with Crippen LogP contribution in [0.25, 0.3) is 11.3 Å². The largest absolute Gasteiger partial charge is 0.497 e. The molecule has 2 aromatic carbocycles. The Kier molecular flexibility index (Phi) is 7.42. The van der Waals surface area contributed by atoms with E-state index in [1.165, 1.54) is 37.7 Å². The number of benzene rings is 2. The third-order valence-electron chi connectivity index (χ3n) is 4.72. The predicted octanol–water partition coefficient (Wildman–Crippen LogP) is 4.36. The summed E-state index contributed by atoms with van der Waals surface area (Å²) >= 11 is 1.25. The third-order valence-corrected chi connectivity index (χ3v) is 5.48. The average molecular weight is 458 g/mol. The van der Waals surface area contributed by atoms with Gasteiger partial charge in [0.05, 0.1) is 19.9 Å². The first kappa shape index (κ1) is 23.2. The van der Waals surface area contributed by atoms with E-state index in [1.807, 2.05) is 13.8 Å². The Balaban J connectivity index is 1.73. The summed E-state index contributed by atoms with van der Waals surface area (Å²) in [5, 5.41) is 7.69. The van der Waals surface area contributed by atoms with Crippen LogP contribution >= 0.6 is 11.3 Å². The first-order chi connectivity index (χ1) is 15.3. The van der Waals surface area contributed by atoms with Gasteiger partial charge in [0.2, 0.25) is 5.91 Å². The van der Waals surface area contributed by atoms with Gasteiger partial charge in [0.25, 0.3) is 5.91 Å². The van der Waals surface area contributed by atoms with E-state index in [2.05, 4.69) is 15.6 Å². The van der Waals surface area contributed by atoms with Crippen LogP contribution < -0.4 is 20.1 Å². The molecule has 32 heavy (non-hydrogen) atoms. The molecular weight excluding hydrogens is 433 g/mol. The highest BCUT2D eigenvalue weighted by Crippen LogP contribution is 2.26. The number of anilines is 1. The van der Waals surface area contributed by atoms with E-state index < -0.39 is 11.9 Å². The summed E-state index contributed by atoms with van der Waals surface area (Å²) in [7, 11) is 2.99. The number of thiazole rings is 1. The number of ether oxygens (including phenoxy) is 2. The minimum absolute atomic E-state index is 0.178. The second kappa shape index (κ2) is 10.2. The van der Waals surface area contributed by atoms with Gasteiger partial charge >= 0.3 is 0 Å². The molecule has 1 atom stereocenters. The lowest BCUT2D eigenvalue weighted by Gasteiger charge is -2.21. The van der Waals surface area contributed by atoms with Crippen molar-refractivity contribution in [2.24, 2.45) is 5.92 Å². The minimum Gasteiger partial charge on any atom is -0.497 e. The molecule has 0 aliphatic carbocycles. The maximum Gasteiger partial charge on any atom is 0.252 e. The molecule has 0 fully saturated rings. The summed E-state index contributed by atoms with van der Waals surface area (Å²) in [6, 6.07) is 9.95. The van der Waals surface area contributed by atoms with Crippen LogP contribution in [-0.2, 0) is 4.79 Å². The number of methoxy groups -OCH3 is 2. The molecular formula is C23H24FN3O4S. The third kappa shape index (κ3) is 5.61. The van der Waals surface area contributed by atoms with E-state index in [9.17, 15) is 14.0 Å². The summed E-state index contributed by atoms with van der Waals surface area (Å²) < 4.78 is 23.5. The number of carbonyl (C=O) groups excluding carboxylic acids is 2. The lowest BCUT2D eigenvalue weighted by molar-refractivity contribution is -0.118. The summed E-state index contributed by atoms with van der Waals surface area (Å²) in [6.45, 7) is 3.67. The van der Waals surface area contributed by atoms with E-state index in [0.717, 1.165) is 5.56 Å². The van der Waals surface area contributed by atoms with Gasteiger partial charge in [0.1, 0.15) is 23.4 Å². The molecule has 0 saturated carbocycles. The van der Waals surface area contributed by atoms with Crippen molar-refractivity contribution >= 4 is 28.3 Å². The standard InChI is InChI=1S/C23H24FN3O4S/c1-13(2)20(26-21(28)15-9-17(30-3)11-18(10-15)31-4)22(29)27-23-25-19(12-32-23)14-5-7-16(24)8-6-14/h5-13,20H,1-4H3,(H,26,28)(H,25,27,29). The predicted molar refractivity (Wildman–Crippen MR) is 122 cm³/mol. The molecule has 168 valence electrons. The normalized spacial score (nSPS) is 11.7. The topological polar surface area (TPSA) is 89.5 Å². The van der Waals surface area contributed by atoms with Crippen LogP contribution in [0.2, 0.25) is 0 Å². The van der Waals surface area contributed by atoms with Crippen LogP contribution in [0.15, 0.2) is 47.8 Å². The molecule has 0 aliphatic rings. The monoisotopic (exact) mass is 457 g/mol. The first-order valence-corrected chi connectivity index (χ1v) is 10.7. The zero-order valence-corrected chi connectivity index (χ0v) is 19.0. The molecule has 2 N–H and O–H groups in total. The number of hydrogen-bond donors (Lipinski definition) is 2. The smallest absolute Gasteiger partial charge is 0.252 e. The van der Waals surface area contributed by atoms with Gasteiger partial charge in [-0.2, -0.15) is 0 Å². The van der Waals surface area contributed by atoms with Gasteiger partial charge in [-0.05, 0) is 42.3 Å². The molecule has 0 bridgehead atoms. The number of hydrogen-bond acceptors (Lipinski definition) is 6. The van der Waals surface area contributed by atoms with Gasteiger partial charge in [-0.3, -0.25) is 9.59 Å². The first-order valence-electron chi connectivity index (χ1n) is 9.87. The fourth-order valence-electron chi connectivity index (χ4n) is 2.97. The molecule has 1 unspecified atom stereocenters. The quantitative estimate of drug-likeness (QED) is 0.525. The van der Waals surface area contributed by atoms with Gasteiger partial charge in [-0.15, -0.1) is 11.3 Å². The Morgan fingerprint density at radius 3 is 2.22 bits per heavy atom. The second-order valence-electron chi connectivity index (χ2n) is 7.33. The maximum absolute atomic E-state index is 13.1. The Labute approximate surface area is 189 Å². The minimum atomic E-state index is -0.794. The number of aromatic nitrogens is 1. The Morgan fingerprint density at radius 1 is 1.03 bits per heavy atom. The Hall–Kier alpha value is -3.46. The molecule has 0 radical (unpaired) electrons. The van der Waals surface area contributed by atoms with Gasteiger partial charge < -0.3 is 20.1 Å². The highest BCUT2D eigenvalue weighted by molar-refractivity contribution is 7.14. The van der Waals surface area contributed by atoms with Gasteiger partial charge in [-0.25, -0.2) is 9.37 Å². The average Bonchev–Trinajstić information content (AvgIpc) is 3.25. The van der Waals surface area contributed by atoms with E-state index in [1.54, 1.807) is 35.7 Å². The van der Waals surface area contributed by atoms with Crippen LogP contribution in [0.1, 0.15) is 24.2 Å². The number of nitrogens with zero attached hydrogens (tertiary/aromatic N) is 1. The number of nitrogens with one attached hydrogen (secondary N) is 2. The van der Waals surface area contributed by atoms with E-state index in [-0.39, 0.29) is 17.6 Å². The van der Waals surface area contributed by atoms with E-state index in [4.69, 9.17) is 9.47 Å². The summed E-state index contributed by atoms with van der Waals surface area (Å²) in [5.74, 6) is -0.387. The molecule has 3 rings (SSSR count). The molecule has 3 aromatic rings. The van der Waals surface area contributed by atoms with Crippen molar-refractivity contribution in [2.45, 2.75) is 19.9 Å². The van der Waals surface area contributed by atoms with Crippen LogP contribution in [-0.4, -0.2) is 37.1 Å². The van der Waals surface area contributed by atoms with Crippen LogP contribution in [0, 0.1) is 11.7 Å². The van der Waals surface area contributed by atoms with Crippen molar-refractivity contribution in [1.29, 1.82) is 0 Å². The summed E-state index contributed by atoms with van der Waals surface area (Å²) in [6.07, 6.45) is 0. The van der Waals surface area contributed by atoms with E-state index >= 15 is 0 Å². The van der Waals surface area contributed by atoms with Gasteiger partial charge in [0, 0.05) is 22.6 Å². The molecule has 2 amide bonds. The van der Waals surface area contributed by atoms with Crippen molar-refractivity contribution < 1.29 is 23.5 Å². The zero-order valence-electron chi connectivity index (χ0n) is 18.1. The highest BCUT2D eigenvalue weighted by atomic mass is 32.1. The Bertz CT molecular complexity index is 1080. The van der Waals surface area contributed by atoms with Crippen molar-refractivity contribution in [3.05, 3.63) is 59.2 Å². The molecule has 0 spiro atoms. The Morgan fingerprint density at radius 2 is 1.66 bits per heavy atom. The van der Waals surface area contributed by atoms with Gasteiger partial charge in [0.15, 0.2) is 5.13 Å². The molecule has 0 saturated heterocycles. The number of rotatable bonds is 8. The number of amides is 2. The van der Waals surface area contributed by atoms with Crippen molar-refractivity contribution in [2.75, 3.05) is 19.5 Å². The van der Waals surface area contributed by atoms with E-state index in [0.29, 0.717) is 27.9 Å². The lowest BCUT2D eigenvalue weighted by atomic mass is 10.0. The molecule has 9 heteroatoms. The maximum atomic E-state index is 13.1.